The maximum absolute atomic E-state index is 12.4. The molecule has 0 bridgehead atoms. The van der Waals surface area contributed by atoms with Crippen molar-refractivity contribution in [2.24, 2.45) is 0 Å². The number of benzene rings is 2. The van der Waals surface area contributed by atoms with Gasteiger partial charge in [-0.15, -0.1) is 0 Å². The van der Waals surface area contributed by atoms with E-state index in [1.165, 1.54) is 12.1 Å². The number of nitrogens with zero attached hydrogens (tertiary/aromatic N) is 2. The number of hydrogen-bond acceptors (Lipinski definition) is 4. The van der Waals surface area contributed by atoms with Crippen LogP contribution in [0.25, 0.3) is 0 Å². The monoisotopic (exact) mass is 381 g/mol. The predicted molar refractivity (Wildman–Crippen MR) is 99.1 cm³/mol. The summed E-state index contributed by atoms with van der Waals surface area (Å²) in [5.41, 5.74) is 0.809. The molecule has 0 heterocycles. The Hall–Kier alpha value is -2.15. The van der Waals surface area contributed by atoms with Crippen molar-refractivity contribution in [1.29, 1.82) is 0 Å². The summed E-state index contributed by atoms with van der Waals surface area (Å²) in [6, 6.07) is 10.8. The molecule has 0 aliphatic rings. The Kier molecular flexibility index (Phi) is 6.36. The minimum atomic E-state index is -0.533. The zero-order valence-corrected chi connectivity index (χ0v) is 15.2. The average Bonchev–Trinajstić information content (AvgIpc) is 2.58. The molecule has 1 atom stereocenters. The summed E-state index contributed by atoms with van der Waals surface area (Å²) in [5, 5.41) is 14.5. The van der Waals surface area contributed by atoms with Gasteiger partial charge in [0.05, 0.1) is 21.0 Å². The molecule has 2 aromatic carbocycles. The molecule has 8 heteroatoms. The number of halogens is 2. The van der Waals surface area contributed by atoms with Gasteiger partial charge in [0.15, 0.2) is 0 Å². The molecule has 2 aromatic rings. The van der Waals surface area contributed by atoms with Crippen molar-refractivity contribution in [3.8, 4) is 0 Å². The molecule has 0 aromatic heterocycles. The van der Waals surface area contributed by atoms with E-state index < -0.39 is 11.0 Å². The van der Waals surface area contributed by atoms with Gasteiger partial charge in [0.1, 0.15) is 5.69 Å². The van der Waals surface area contributed by atoms with E-state index in [0.717, 1.165) is 5.56 Å². The third-order valence-corrected chi connectivity index (χ3v) is 4.71. The second-order valence-corrected chi connectivity index (χ2v) is 6.35. The van der Waals surface area contributed by atoms with Gasteiger partial charge in [-0.05, 0) is 31.7 Å². The SMILES string of the molecule is C[C@@H](C(=O)Nc1ccccc1[N+](=O)[O-])N(C)Cc1cccc(Cl)c1Cl. The lowest BCUT2D eigenvalue weighted by molar-refractivity contribution is -0.383. The third kappa shape index (κ3) is 4.69. The van der Waals surface area contributed by atoms with Crippen LogP contribution in [-0.4, -0.2) is 28.8 Å². The number of amides is 1. The largest absolute Gasteiger partial charge is 0.319 e. The maximum Gasteiger partial charge on any atom is 0.292 e. The van der Waals surface area contributed by atoms with Crippen LogP contribution in [0.3, 0.4) is 0 Å². The Bertz CT molecular complexity index is 798. The summed E-state index contributed by atoms with van der Waals surface area (Å²) < 4.78 is 0. The van der Waals surface area contributed by atoms with Gasteiger partial charge in [-0.3, -0.25) is 19.8 Å². The Balaban J connectivity index is 2.09. The van der Waals surface area contributed by atoms with Gasteiger partial charge in [0, 0.05) is 12.6 Å². The molecule has 6 nitrogen and oxygen atoms in total. The fourth-order valence-corrected chi connectivity index (χ4v) is 2.63. The van der Waals surface area contributed by atoms with Crippen molar-refractivity contribution >= 4 is 40.5 Å². The molecule has 0 aliphatic carbocycles. The zero-order chi connectivity index (χ0) is 18.6. The highest BCUT2D eigenvalue weighted by Crippen LogP contribution is 2.27. The second kappa shape index (κ2) is 8.29. The first-order valence-corrected chi connectivity index (χ1v) is 8.24. The average molecular weight is 382 g/mol. The first kappa shape index (κ1) is 19.2. The van der Waals surface area contributed by atoms with Crippen LogP contribution in [0.1, 0.15) is 12.5 Å². The third-order valence-electron chi connectivity index (χ3n) is 3.85. The molecule has 25 heavy (non-hydrogen) atoms. The van der Waals surface area contributed by atoms with Gasteiger partial charge >= 0.3 is 0 Å². The highest BCUT2D eigenvalue weighted by Gasteiger charge is 2.22. The summed E-state index contributed by atoms with van der Waals surface area (Å²) in [4.78, 5) is 24.7. The van der Waals surface area contributed by atoms with Crippen LogP contribution < -0.4 is 5.32 Å². The van der Waals surface area contributed by atoms with Crippen molar-refractivity contribution in [2.45, 2.75) is 19.5 Å². The molecule has 0 saturated heterocycles. The van der Waals surface area contributed by atoms with Crippen molar-refractivity contribution < 1.29 is 9.72 Å². The number of carbonyl (C=O) groups excluding carboxylic acids is 1. The van der Waals surface area contributed by atoms with Crippen molar-refractivity contribution in [1.82, 2.24) is 4.90 Å². The molecular weight excluding hydrogens is 365 g/mol. The maximum atomic E-state index is 12.4. The smallest absolute Gasteiger partial charge is 0.292 e. The quantitative estimate of drug-likeness (QED) is 0.595. The lowest BCUT2D eigenvalue weighted by Gasteiger charge is -2.24. The number of nitro benzene ring substituents is 1. The van der Waals surface area contributed by atoms with Crippen LogP contribution in [0.4, 0.5) is 11.4 Å². The molecule has 2 rings (SSSR count). The number of para-hydroxylation sites is 2. The van der Waals surface area contributed by atoms with E-state index in [-0.39, 0.29) is 17.3 Å². The van der Waals surface area contributed by atoms with E-state index in [0.29, 0.717) is 16.6 Å². The topological polar surface area (TPSA) is 75.5 Å². The lowest BCUT2D eigenvalue weighted by Crippen LogP contribution is -2.39. The van der Waals surface area contributed by atoms with Crippen LogP contribution in [0.5, 0.6) is 0 Å². The van der Waals surface area contributed by atoms with E-state index in [1.807, 2.05) is 6.07 Å². The van der Waals surface area contributed by atoms with Crippen molar-refractivity contribution in [3.63, 3.8) is 0 Å². The van der Waals surface area contributed by atoms with Crippen LogP contribution in [-0.2, 0) is 11.3 Å². The molecule has 0 radical (unpaired) electrons. The molecule has 0 fully saturated rings. The fraction of sp³-hybridized carbons (Fsp3) is 0.235. The Morgan fingerprint density at radius 3 is 2.60 bits per heavy atom. The first-order chi connectivity index (χ1) is 11.8. The van der Waals surface area contributed by atoms with Gasteiger partial charge in [-0.25, -0.2) is 0 Å². The van der Waals surface area contributed by atoms with Crippen molar-refractivity contribution in [3.05, 3.63) is 68.2 Å². The summed E-state index contributed by atoms with van der Waals surface area (Å²) in [5.74, 6) is -0.352. The molecule has 1 amide bonds. The van der Waals surface area contributed by atoms with Crippen LogP contribution in [0, 0.1) is 10.1 Å². The number of rotatable bonds is 6. The van der Waals surface area contributed by atoms with E-state index in [9.17, 15) is 14.9 Å². The van der Waals surface area contributed by atoms with Crippen molar-refractivity contribution in [2.75, 3.05) is 12.4 Å². The highest BCUT2D eigenvalue weighted by molar-refractivity contribution is 6.42. The Morgan fingerprint density at radius 1 is 1.24 bits per heavy atom. The number of likely N-dealkylation sites (N-methyl/N-ethyl adjacent to an activating group) is 1. The lowest BCUT2D eigenvalue weighted by atomic mass is 10.1. The standard InChI is InChI=1S/C17H17Cl2N3O3/c1-11(21(2)10-12-6-5-7-13(18)16(12)19)17(23)20-14-8-3-4-9-15(14)22(24)25/h3-9,11H,10H2,1-2H3,(H,20,23)/t11-/m0/s1. The van der Waals surface area contributed by atoms with E-state index in [1.54, 1.807) is 43.1 Å². The minimum Gasteiger partial charge on any atom is -0.319 e. The summed E-state index contributed by atoms with van der Waals surface area (Å²) >= 11 is 12.2. The number of hydrogen-bond donors (Lipinski definition) is 1. The van der Waals surface area contributed by atoms with E-state index >= 15 is 0 Å². The van der Waals surface area contributed by atoms with Gasteiger partial charge in [0.2, 0.25) is 5.91 Å². The number of nitrogens with one attached hydrogen (secondary N) is 1. The van der Waals surface area contributed by atoms with Crippen LogP contribution in [0.2, 0.25) is 10.0 Å². The molecular formula is C17H17Cl2N3O3. The summed E-state index contributed by atoms with van der Waals surface area (Å²) in [7, 11) is 1.76. The van der Waals surface area contributed by atoms with E-state index in [4.69, 9.17) is 23.2 Å². The number of carbonyl (C=O) groups is 1. The molecule has 0 saturated carbocycles. The Morgan fingerprint density at radius 2 is 1.92 bits per heavy atom. The van der Waals surface area contributed by atoms with Gasteiger partial charge in [-0.1, -0.05) is 47.5 Å². The van der Waals surface area contributed by atoms with Crippen LogP contribution in [0.15, 0.2) is 42.5 Å². The molecule has 0 unspecified atom stereocenters. The van der Waals surface area contributed by atoms with E-state index in [2.05, 4.69) is 5.32 Å². The van der Waals surface area contributed by atoms with Gasteiger partial charge < -0.3 is 5.32 Å². The van der Waals surface area contributed by atoms with Gasteiger partial charge in [0.25, 0.3) is 5.69 Å². The zero-order valence-electron chi connectivity index (χ0n) is 13.7. The number of nitro groups is 1. The second-order valence-electron chi connectivity index (χ2n) is 5.57. The molecule has 0 spiro atoms. The van der Waals surface area contributed by atoms with Gasteiger partial charge in [-0.2, -0.15) is 0 Å². The molecule has 0 aliphatic heterocycles. The normalized spacial score (nSPS) is 12.0. The first-order valence-electron chi connectivity index (χ1n) is 7.48. The van der Waals surface area contributed by atoms with Crippen LogP contribution >= 0.6 is 23.2 Å². The highest BCUT2D eigenvalue weighted by atomic mass is 35.5. The molecule has 132 valence electrons. The number of anilines is 1. The minimum absolute atomic E-state index is 0.149. The summed E-state index contributed by atoms with van der Waals surface area (Å²) in [6.07, 6.45) is 0. The fourth-order valence-electron chi connectivity index (χ4n) is 2.25. The summed E-state index contributed by atoms with van der Waals surface area (Å²) in [6.45, 7) is 2.12. The predicted octanol–water partition coefficient (Wildman–Crippen LogP) is 4.36. The molecule has 1 N–H and O–H groups in total. The Labute approximate surface area is 155 Å².